The third kappa shape index (κ3) is 3.89. The Labute approximate surface area is 248 Å². The zero-order valence-corrected chi connectivity index (χ0v) is 24.1. The Balaban J connectivity index is 1.29. The van der Waals surface area contributed by atoms with E-state index in [4.69, 9.17) is 9.72 Å². The van der Waals surface area contributed by atoms with Gasteiger partial charge in [-0.25, -0.2) is 4.98 Å². The molecule has 0 aliphatic carbocycles. The SMILES string of the molecule is CC1(C)c2ccc(Oc3cccc(-c4ccccn4)c3)cc2N(c2ccccn2)c2ccc3c(sc4ccccc43)c21. The van der Waals surface area contributed by atoms with Crippen molar-refractivity contribution >= 4 is 48.7 Å². The summed E-state index contributed by atoms with van der Waals surface area (Å²) in [6, 6.07) is 39.8. The molecule has 0 radical (unpaired) electrons. The van der Waals surface area contributed by atoms with Gasteiger partial charge in [-0.1, -0.05) is 68.4 Å². The van der Waals surface area contributed by atoms with Crippen LogP contribution in [0.15, 0.2) is 128 Å². The topological polar surface area (TPSA) is 38.2 Å². The fraction of sp³-hybridized carbons (Fsp3) is 0.0811. The number of hydrogen-bond donors (Lipinski definition) is 0. The molecular formula is C37H27N3OS. The fourth-order valence-electron chi connectivity index (χ4n) is 6.24. The molecule has 0 unspecified atom stereocenters. The summed E-state index contributed by atoms with van der Waals surface area (Å²) in [5.74, 6) is 2.42. The van der Waals surface area contributed by atoms with Crippen molar-refractivity contribution in [3.63, 3.8) is 0 Å². The molecule has 7 aromatic rings. The molecule has 1 aliphatic heterocycles. The fourth-order valence-corrected chi connectivity index (χ4v) is 7.65. The highest BCUT2D eigenvalue weighted by molar-refractivity contribution is 7.26. The van der Waals surface area contributed by atoms with Gasteiger partial charge in [-0.05, 0) is 60.2 Å². The third-order valence-corrected chi connectivity index (χ3v) is 9.39. The molecule has 8 rings (SSSR count). The molecule has 0 fully saturated rings. The molecule has 4 nitrogen and oxygen atoms in total. The van der Waals surface area contributed by atoms with Gasteiger partial charge in [-0.2, -0.15) is 0 Å². The van der Waals surface area contributed by atoms with Crippen LogP contribution < -0.4 is 9.64 Å². The van der Waals surface area contributed by atoms with E-state index in [0.29, 0.717) is 0 Å². The number of fused-ring (bicyclic) bond motifs is 6. The number of rotatable bonds is 4. The average Bonchev–Trinajstić information content (AvgIpc) is 3.40. The van der Waals surface area contributed by atoms with Gasteiger partial charge >= 0.3 is 0 Å². The van der Waals surface area contributed by atoms with E-state index in [2.05, 4.69) is 90.5 Å². The van der Waals surface area contributed by atoms with Crippen molar-refractivity contribution in [2.24, 2.45) is 0 Å². The minimum absolute atomic E-state index is 0.242. The quantitative estimate of drug-likeness (QED) is 0.214. The van der Waals surface area contributed by atoms with Gasteiger partial charge < -0.3 is 4.74 Å². The number of aromatic nitrogens is 2. The smallest absolute Gasteiger partial charge is 0.137 e. The van der Waals surface area contributed by atoms with Crippen molar-refractivity contribution < 1.29 is 4.74 Å². The number of nitrogens with zero attached hydrogens (tertiary/aromatic N) is 3. The van der Waals surface area contributed by atoms with Crippen LogP contribution in [0.25, 0.3) is 31.4 Å². The summed E-state index contributed by atoms with van der Waals surface area (Å²) >= 11 is 1.88. The summed E-state index contributed by atoms with van der Waals surface area (Å²) in [7, 11) is 0. The Morgan fingerprint density at radius 1 is 0.667 bits per heavy atom. The number of thiophene rings is 1. The summed E-state index contributed by atoms with van der Waals surface area (Å²) in [6.45, 7) is 4.67. The molecule has 0 saturated carbocycles. The molecule has 0 amide bonds. The molecule has 1 aliphatic rings. The van der Waals surface area contributed by atoms with Crippen molar-refractivity contribution in [1.29, 1.82) is 0 Å². The lowest BCUT2D eigenvalue weighted by Gasteiger charge is -2.41. The molecule has 42 heavy (non-hydrogen) atoms. The largest absolute Gasteiger partial charge is 0.457 e. The van der Waals surface area contributed by atoms with Crippen LogP contribution in [0.5, 0.6) is 11.5 Å². The van der Waals surface area contributed by atoms with Gasteiger partial charge in [0.2, 0.25) is 0 Å². The first-order chi connectivity index (χ1) is 20.6. The first kappa shape index (κ1) is 24.8. The molecule has 4 heterocycles. The second-order valence-corrected chi connectivity index (χ2v) is 12.2. The van der Waals surface area contributed by atoms with Gasteiger partial charge in [0.25, 0.3) is 0 Å². The predicted molar refractivity (Wildman–Crippen MR) is 174 cm³/mol. The van der Waals surface area contributed by atoms with E-state index in [0.717, 1.165) is 39.9 Å². The molecule has 5 heteroatoms. The molecule has 3 aromatic heterocycles. The van der Waals surface area contributed by atoms with E-state index >= 15 is 0 Å². The highest BCUT2D eigenvalue weighted by Crippen LogP contribution is 2.56. The number of ether oxygens (including phenoxy) is 1. The first-order valence-corrected chi connectivity index (χ1v) is 14.9. The lowest BCUT2D eigenvalue weighted by molar-refractivity contribution is 0.482. The van der Waals surface area contributed by atoms with Crippen LogP contribution in [0.1, 0.15) is 25.0 Å². The van der Waals surface area contributed by atoms with E-state index in [-0.39, 0.29) is 5.41 Å². The van der Waals surface area contributed by atoms with Crippen molar-refractivity contribution in [3.05, 3.63) is 139 Å². The van der Waals surface area contributed by atoms with Crippen molar-refractivity contribution in [3.8, 4) is 22.8 Å². The van der Waals surface area contributed by atoms with E-state index in [1.165, 1.54) is 31.3 Å². The molecule has 0 atom stereocenters. The van der Waals surface area contributed by atoms with E-state index in [1.807, 2.05) is 72.3 Å². The highest BCUT2D eigenvalue weighted by atomic mass is 32.1. The second-order valence-electron chi connectivity index (χ2n) is 11.1. The normalized spacial score (nSPS) is 13.6. The lowest BCUT2D eigenvalue weighted by atomic mass is 9.73. The van der Waals surface area contributed by atoms with Gasteiger partial charge in [0.05, 0.1) is 17.1 Å². The van der Waals surface area contributed by atoms with Gasteiger partial charge in [0, 0.05) is 55.2 Å². The van der Waals surface area contributed by atoms with Crippen molar-refractivity contribution in [2.45, 2.75) is 19.3 Å². The van der Waals surface area contributed by atoms with Crippen molar-refractivity contribution in [1.82, 2.24) is 9.97 Å². The maximum Gasteiger partial charge on any atom is 0.137 e. The number of pyridine rings is 2. The summed E-state index contributed by atoms with van der Waals surface area (Å²) < 4.78 is 9.12. The Morgan fingerprint density at radius 2 is 1.48 bits per heavy atom. The molecule has 0 spiro atoms. The van der Waals surface area contributed by atoms with Crippen LogP contribution in [-0.2, 0) is 5.41 Å². The van der Waals surface area contributed by atoms with E-state index in [9.17, 15) is 0 Å². The van der Waals surface area contributed by atoms with E-state index < -0.39 is 0 Å². The van der Waals surface area contributed by atoms with Gasteiger partial charge in [-0.3, -0.25) is 9.88 Å². The van der Waals surface area contributed by atoms with Gasteiger partial charge in [0.15, 0.2) is 0 Å². The average molecular weight is 562 g/mol. The second kappa shape index (κ2) is 9.54. The lowest BCUT2D eigenvalue weighted by Crippen LogP contribution is -2.31. The van der Waals surface area contributed by atoms with Crippen LogP contribution >= 0.6 is 11.3 Å². The minimum Gasteiger partial charge on any atom is -0.457 e. The maximum atomic E-state index is 6.48. The molecule has 202 valence electrons. The standard InChI is InChI=1S/C37H27N3OS/c1-37(2)29-18-16-26(41-25-11-9-10-24(22-25)30-13-5-7-20-38-30)23-32(29)40(34-15-6-8-21-39-34)31-19-17-28-27-12-3-4-14-33(27)42-36(28)35(31)37/h3-23H,1-2H3. The third-order valence-electron chi connectivity index (χ3n) is 8.18. The molecular weight excluding hydrogens is 534 g/mol. The summed E-state index contributed by atoms with van der Waals surface area (Å²) in [5, 5.41) is 2.61. The monoisotopic (exact) mass is 561 g/mol. The minimum atomic E-state index is -0.242. The molecule has 0 N–H and O–H groups in total. The Morgan fingerprint density at radius 3 is 2.31 bits per heavy atom. The Kier molecular flexibility index (Phi) is 5.62. The number of anilines is 3. The van der Waals surface area contributed by atoms with Crippen molar-refractivity contribution in [2.75, 3.05) is 4.90 Å². The van der Waals surface area contributed by atoms with Crippen LogP contribution in [0, 0.1) is 0 Å². The van der Waals surface area contributed by atoms with Crippen LogP contribution in [0.4, 0.5) is 17.2 Å². The zero-order valence-electron chi connectivity index (χ0n) is 23.3. The first-order valence-electron chi connectivity index (χ1n) is 14.1. The zero-order chi connectivity index (χ0) is 28.3. The molecule has 0 bridgehead atoms. The Hall–Kier alpha value is -5.00. The predicted octanol–water partition coefficient (Wildman–Crippen LogP) is 10.4. The summed E-state index contributed by atoms with van der Waals surface area (Å²) in [5.41, 5.74) is 6.48. The number of hydrogen-bond acceptors (Lipinski definition) is 5. The number of benzene rings is 4. The summed E-state index contributed by atoms with van der Waals surface area (Å²) in [6.07, 6.45) is 3.67. The maximum absolute atomic E-state index is 6.48. The van der Waals surface area contributed by atoms with Crippen LogP contribution in [-0.4, -0.2) is 9.97 Å². The Bertz CT molecular complexity index is 2100. The molecule has 0 saturated heterocycles. The van der Waals surface area contributed by atoms with Crippen LogP contribution in [0.3, 0.4) is 0 Å². The van der Waals surface area contributed by atoms with Gasteiger partial charge in [-0.15, -0.1) is 11.3 Å². The van der Waals surface area contributed by atoms with E-state index in [1.54, 1.807) is 0 Å². The summed E-state index contributed by atoms with van der Waals surface area (Å²) in [4.78, 5) is 11.6. The highest BCUT2D eigenvalue weighted by Gasteiger charge is 2.39. The van der Waals surface area contributed by atoms with Crippen LogP contribution in [0.2, 0.25) is 0 Å². The molecule has 4 aromatic carbocycles. The van der Waals surface area contributed by atoms with Gasteiger partial charge in [0.1, 0.15) is 17.3 Å².